The molecule has 19 heavy (non-hydrogen) atoms. The number of hydrogen-bond acceptors (Lipinski definition) is 3. The lowest BCUT2D eigenvalue weighted by molar-refractivity contribution is 0.209. The van der Waals surface area contributed by atoms with E-state index in [4.69, 9.17) is 14.6 Å². The van der Waals surface area contributed by atoms with Crippen LogP contribution in [0.4, 0.5) is 10.5 Å². The number of carboxylic acid groups (broad SMARTS) is 1. The number of rotatable bonds is 7. The summed E-state index contributed by atoms with van der Waals surface area (Å²) in [7, 11) is 1.56. The Bertz CT molecular complexity index is 418. The Morgan fingerprint density at radius 3 is 2.68 bits per heavy atom. The van der Waals surface area contributed by atoms with Crippen LogP contribution in [0.3, 0.4) is 0 Å². The van der Waals surface area contributed by atoms with E-state index in [1.165, 1.54) is 0 Å². The molecule has 0 aromatic heterocycles. The average molecular weight is 267 g/mol. The fourth-order valence-electron chi connectivity index (χ4n) is 1.66. The Labute approximate surface area is 113 Å². The van der Waals surface area contributed by atoms with Gasteiger partial charge in [-0.2, -0.15) is 0 Å². The molecule has 0 spiro atoms. The molecule has 2 N–H and O–H groups in total. The van der Waals surface area contributed by atoms with Crippen molar-refractivity contribution in [3.05, 3.63) is 18.2 Å². The van der Waals surface area contributed by atoms with Gasteiger partial charge < -0.3 is 14.6 Å². The Morgan fingerprint density at radius 1 is 1.37 bits per heavy atom. The number of nitrogens with one attached hydrogen (secondary N) is 1. The van der Waals surface area contributed by atoms with Crippen LogP contribution in [0.1, 0.15) is 26.7 Å². The largest absolute Gasteiger partial charge is 0.493 e. The SMILES string of the molecule is COc1ccc(NC(=O)O)cc1OCCCC(C)C. The van der Waals surface area contributed by atoms with Gasteiger partial charge in [-0.1, -0.05) is 13.8 Å². The van der Waals surface area contributed by atoms with Gasteiger partial charge in [-0.25, -0.2) is 4.79 Å². The van der Waals surface area contributed by atoms with Crippen LogP contribution >= 0.6 is 0 Å². The predicted octanol–water partition coefficient (Wildman–Crippen LogP) is 3.60. The maximum atomic E-state index is 10.6. The lowest BCUT2D eigenvalue weighted by atomic mass is 10.1. The molecule has 5 nitrogen and oxygen atoms in total. The molecule has 0 saturated carbocycles. The summed E-state index contributed by atoms with van der Waals surface area (Å²) in [6.45, 7) is 4.92. The predicted molar refractivity (Wildman–Crippen MR) is 74.2 cm³/mol. The highest BCUT2D eigenvalue weighted by Gasteiger charge is 2.07. The highest BCUT2D eigenvalue weighted by atomic mass is 16.5. The van der Waals surface area contributed by atoms with Crippen molar-refractivity contribution in [3.8, 4) is 11.5 Å². The molecule has 1 rings (SSSR count). The maximum absolute atomic E-state index is 10.6. The van der Waals surface area contributed by atoms with Gasteiger partial charge in [-0.3, -0.25) is 5.32 Å². The zero-order valence-corrected chi connectivity index (χ0v) is 11.6. The van der Waals surface area contributed by atoms with E-state index in [2.05, 4.69) is 19.2 Å². The third-order valence-corrected chi connectivity index (χ3v) is 2.60. The van der Waals surface area contributed by atoms with E-state index in [1.54, 1.807) is 25.3 Å². The van der Waals surface area contributed by atoms with E-state index in [0.717, 1.165) is 12.8 Å². The average Bonchev–Trinajstić information content (AvgIpc) is 2.34. The van der Waals surface area contributed by atoms with Gasteiger partial charge in [0, 0.05) is 11.8 Å². The van der Waals surface area contributed by atoms with E-state index < -0.39 is 6.09 Å². The molecule has 0 heterocycles. The number of anilines is 1. The van der Waals surface area contributed by atoms with E-state index in [0.29, 0.717) is 29.7 Å². The minimum Gasteiger partial charge on any atom is -0.493 e. The van der Waals surface area contributed by atoms with Gasteiger partial charge in [0.05, 0.1) is 13.7 Å². The minimum atomic E-state index is -1.10. The zero-order valence-electron chi connectivity index (χ0n) is 11.6. The van der Waals surface area contributed by atoms with Crippen molar-refractivity contribution in [2.75, 3.05) is 19.0 Å². The highest BCUT2D eigenvalue weighted by Crippen LogP contribution is 2.30. The Kier molecular flexibility index (Phi) is 5.99. The third-order valence-electron chi connectivity index (χ3n) is 2.60. The first-order valence-electron chi connectivity index (χ1n) is 6.33. The van der Waals surface area contributed by atoms with Crippen LogP contribution in [0.2, 0.25) is 0 Å². The van der Waals surface area contributed by atoms with Crippen LogP contribution in [0.15, 0.2) is 18.2 Å². The van der Waals surface area contributed by atoms with E-state index in [9.17, 15) is 4.79 Å². The first kappa shape index (κ1) is 15.1. The number of amides is 1. The molecule has 5 heteroatoms. The summed E-state index contributed by atoms with van der Waals surface area (Å²) in [5.74, 6) is 1.79. The Hall–Kier alpha value is -1.91. The fraction of sp³-hybridized carbons (Fsp3) is 0.500. The molecule has 0 aliphatic heterocycles. The van der Waals surface area contributed by atoms with Crippen molar-refractivity contribution in [1.29, 1.82) is 0 Å². The first-order chi connectivity index (χ1) is 9.02. The molecule has 0 fully saturated rings. The standard InChI is InChI=1S/C14H21NO4/c1-10(2)5-4-8-19-13-9-11(15-14(16)17)6-7-12(13)18-3/h6-7,9-10,15H,4-5,8H2,1-3H3,(H,16,17). The number of carbonyl (C=O) groups is 1. The minimum absolute atomic E-state index is 0.465. The summed E-state index contributed by atoms with van der Waals surface area (Å²) < 4.78 is 10.8. The van der Waals surface area contributed by atoms with Crippen molar-refractivity contribution < 1.29 is 19.4 Å². The molecular weight excluding hydrogens is 246 g/mol. The molecule has 0 atom stereocenters. The van der Waals surface area contributed by atoms with Crippen LogP contribution in [0.5, 0.6) is 11.5 Å². The van der Waals surface area contributed by atoms with E-state index >= 15 is 0 Å². The molecule has 0 saturated heterocycles. The van der Waals surface area contributed by atoms with Gasteiger partial charge in [0.1, 0.15) is 0 Å². The van der Waals surface area contributed by atoms with Crippen molar-refractivity contribution >= 4 is 11.8 Å². The topological polar surface area (TPSA) is 67.8 Å². The quantitative estimate of drug-likeness (QED) is 0.741. The van der Waals surface area contributed by atoms with Crippen LogP contribution in [0.25, 0.3) is 0 Å². The molecule has 1 aromatic rings. The molecule has 106 valence electrons. The molecule has 0 bridgehead atoms. The van der Waals surface area contributed by atoms with Gasteiger partial charge in [0.2, 0.25) is 0 Å². The van der Waals surface area contributed by atoms with Gasteiger partial charge in [0.25, 0.3) is 0 Å². The normalized spacial score (nSPS) is 10.3. The van der Waals surface area contributed by atoms with Gasteiger partial charge in [-0.15, -0.1) is 0 Å². The van der Waals surface area contributed by atoms with Gasteiger partial charge >= 0.3 is 6.09 Å². The number of hydrogen-bond donors (Lipinski definition) is 2. The van der Waals surface area contributed by atoms with Crippen molar-refractivity contribution in [1.82, 2.24) is 0 Å². The smallest absolute Gasteiger partial charge is 0.409 e. The van der Waals surface area contributed by atoms with Crippen molar-refractivity contribution in [3.63, 3.8) is 0 Å². The van der Waals surface area contributed by atoms with Gasteiger partial charge in [-0.05, 0) is 30.9 Å². The highest BCUT2D eigenvalue weighted by molar-refractivity contribution is 5.83. The van der Waals surface area contributed by atoms with Crippen molar-refractivity contribution in [2.24, 2.45) is 5.92 Å². The zero-order chi connectivity index (χ0) is 14.3. The number of methoxy groups -OCH3 is 1. The van der Waals surface area contributed by atoms with Crippen LogP contribution in [-0.4, -0.2) is 24.9 Å². The summed E-state index contributed by atoms with van der Waals surface area (Å²) in [6, 6.07) is 4.94. The molecule has 0 aliphatic rings. The molecule has 0 unspecified atom stereocenters. The maximum Gasteiger partial charge on any atom is 0.409 e. The fourth-order valence-corrected chi connectivity index (χ4v) is 1.66. The molecular formula is C14H21NO4. The summed E-state index contributed by atoms with van der Waals surface area (Å²) in [5, 5.41) is 11.0. The van der Waals surface area contributed by atoms with Crippen LogP contribution in [-0.2, 0) is 0 Å². The van der Waals surface area contributed by atoms with E-state index in [-0.39, 0.29) is 0 Å². The summed E-state index contributed by atoms with van der Waals surface area (Å²) >= 11 is 0. The lowest BCUT2D eigenvalue weighted by Crippen LogP contribution is -2.08. The number of benzene rings is 1. The number of ether oxygens (including phenoxy) is 2. The summed E-state index contributed by atoms with van der Waals surface area (Å²) in [4.78, 5) is 10.6. The Balaban J connectivity index is 2.64. The summed E-state index contributed by atoms with van der Waals surface area (Å²) in [6.07, 6.45) is 0.947. The lowest BCUT2D eigenvalue weighted by Gasteiger charge is -2.12. The second-order valence-electron chi connectivity index (χ2n) is 4.68. The van der Waals surface area contributed by atoms with Crippen molar-refractivity contribution in [2.45, 2.75) is 26.7 Å². The molecule has 1 amide bonds. The van der Waals surface area contributed by atoms with Crippen LogP contribution in [0, 0.1) is 5.92 Å². The molecule has 0 radical (unpaired) electrons. The monoisotopic (exact) mass is 267 g/mol. The second kappa shape index (κ2) is 7.51. The second-order valence-corrected chi connectivity index (χ2v) is 4.68. The third kappa shape index (κ3) is 5.50. The molecule has 1 aromatic carbocycles. The Morgan fingerprint density at radius 2 is 2.11 bits per heavy atom. The van der Waals surface area contributed by atoms with E-state index in [1.807, 2.05) is 0 Å². The summed E-state index contributed by atoms with van der Waals surface area (Å²) in [5.41, 5.74) is 0.465. The molecule has 0 aliphatic carbocycles. The van der Waals surface area contributed by atoms with Crippen LogP contribution < -0.4 is 14.8 Å². The first-order valence-corrected chi connectivity index (χ1v) is 6.33. The van der Waals surface area contributed by atoms with Gasteiger partial charge in [0.15, 0.2) is 11.5 Å².